The van der Waals surface area contributed by atoms with Crippen LogP contribution >= 0.6 is 0 Å². The van der Waals surface area contributed by atoms with E-state index in [9.17, 15) is 0 Å². The van der Waals surface area contributed by atoms with Crippen LogP contribution in [-0.2, 0) is 4.74 Å². The summed E-state index contributed by atoms with van der Waals surface area (Å²) in [6.07, 6.45) is 6.82. The lowest BCUT2D eigenvalue weighted by molar-refractivity contribution is -0.0230. The van der Waals surface area contributed by atoms with E-state index >= 15 is 0 Å². The molecule has 0 aromatic carbocycles. The van der Waals surface area contributed by atoms with Crippen molar-refractivity contribution in [2.75, 3.05) is 26.2 Å². The number of rotatable bonds is 4. The molecule has 0 aliphatic carbocycles. The molecule has 2 saturated heterocycles. The number of nitrogens with one attached hydrogen (secondary N) is 1. The second-order valence-corrected chi connectivity index (χ2v) is 5.62. The molecule has 0 aromatic heterocycles. The Kier molecular flexibility index (Phi) is 5.26. The second-order valence-electron chi connectivity index (χ2n) is 5.62. The van der Waals surface area contributed by atoms with Crippen molar-refractivity contribution in [3.05, 3.63) is 0 Å². The number of piperidine rings is 1. The van der Waals surface area contributed by atoms with Crippen molar-refractivity contribution in [1.82, 2.24) is 10.2 Å². The normalized spacial score (nSPS) is 32.8. The summed E-state index contributed by atoms with van der Waals surface area (Å²) in [5, 5.41) is 3.65. The first kappa shape index (κ1) is 13.3. The van der Waals surface area contributed by atoms with E-state index in [1.54, 1.807) is 0 Å². The summed E-state index contributed by atoms with van der Waals surface area (Å²) >= 11 is 0. The van der Waals surface area contributed by atoms with Crippen LogP contribution in [0.2, 0.25) is 0 Å². The van der Waals surface area contributed by atoms with Crippen molar-refractivity contribution in [2.24, 2.45) is 0 Å². The van der Waals surface area contributed by atoms with Gasteiger partial charge in [-0.1, -0.05) is 6.92 Å². The lowest BCUT2D eigenvalue weighted by Gasteiger charge is -2.40. The van der Waals surface area contributed by atoms with Gasteiger partial charge >= 0.3 is 0 Å². The molecule has 2 unspecified atom stereocenters. The molecule has 100 valence electrons. The third-order valence-corrected chi connectivity index (χ3v) is 4.19. The Morgan fingerprint density at radius 3 is 2.65 bits per heavy atom. The highest BCUT2D eigenvalue weighted by molar-refractivity contribution is 4.84. The number of hydrogen-bond acceptors (Lipinski definition) is 3. The highest BCUT2D eigenvalue weighted by Crippen LogP contribution is 2.22. The average molecular weight is 240 g/mol. The highest BCUT2D eigenvalue weighted by Gasteiger charge is 2.28. The van der Waals surface area contributed by atoms with E-state index in [-0.39, 0.29) is 0 Å². The molecule has 2 heterocycles. The Bertz CT molecular complexity index is 214. The summed E-state index contributed by atoms with van der Waals surface area (Å²) in [5.41, 5.74) is 0. The van der Waals surface area contributed by atoms with Crippen molar-refractivity contribution in [3.63, 3.8) is 0 Å². The minimum atomic E-state index is 0.463. The summed E-state index contributed by atoms with van der Waals surface area (Å²) in [5.74, 6) is 0. The van der Waals surface area contributed by atoms with Gasteiger partial charge < -0.3 is 15.0 Å². The molecule has 0 amide bonds. The van der Waals surface area contributed by atoms with Crippen LogP contribution in [0.4, 0.5) is 0 Å². The Hall–Kier alpha value is -0.120. The summed E-state index contributed by atoms with van der Waals surface area (Å²) < 4.78 is 5.63. The molecule has 2 fully saturated rings. The molecule has 2 aliphatic heterocycles. The number of nitrogens with zero attached hydrogens (tertiary/aromatic N) is 1. The topological polar surface area (TPSA) is 24.5 Å². The molecule has 2 aliphatic rings. The fourth-order valence-corrected chi connectivity index (χ4v) is 3.12. The van der Waals surface area contributed by atoms with Gasteiger partial charge in [-0.15, -0.1) is 0 Å². The smallest absolute Gasteiger partial charge is 0.0561 e. The summed E-state index contributed by atoms with van der Waals surface area (Å²) in [4.78, 5) is 2.70. The number of hydrogen-bond donors (Lipinski definition) is 1. The van der Waals surface area contributed by atoms with Gasteiger partial charge in [0.1, 0.15) is 0 Å². The predicted octanol–water partition coefficient (Wildman–Crippen LogP) is 2.02. The fraction of sp³-hybridized carbons (Fsp3) is 1.00. The number of ether oxygens (including phenoxy) is 1. The van der Waals surface area contributed by atoms with E-state index < -0.39 is 0 Å². The Balaban J connectivity index is 1.71. The molecule has 0 aromatic rings. The summed E-state index contributed by atoms with van der Waals surface area (Å²) in [6.45, 7) is 9.14. The van der Waals surface area contributed by atoms with Crippen LogP contribution in [0.3, 0.4) is 0 Å². The molecule has 17 heavy (non-hydrogen) atoms. The number of likely N-dealkylation sites (tertiary alicyclic amines) is 1. The zero-order valence-corrected chi connectivity index (χ0v) is 11.5. The largest absolute Gasteiger partial charge is 0.378 e. The highest BCUT2D eigenvalue weighted by atomic mass is 16.5. The summed E-state index contributed by atoms with van der Waals surface area (Å²) in [7, 11) is 0. The molecule has 3 heteroatoms. The van der Waals surface area contributed by atoms with Gasteiger partial charge in [-0.2, -0.15) is 0 Å². The van der Waals surface area contributed by atoms with Crippen LogP contribution in [0.5, 0.6) is 0 Å². The standard InChI is InChI=1S/C14H28N2O/c1-3-7-15-13-4-8-16(9-5-13)14-6-10-17-12(2)11-14/h12-15H,3-11H2,1-2H3. The van der Waals surface area contributed by atoms with Crippen LogP contribution in [0, 0.1) is 0 Å². The second kappa shape index (κ2) is 6.72. The molecule has 0 bridgehead atoms. The third-order valence-electron chi connectivity index (χ3n) is 4.19. The quantitative estimate of drug-likeness (QED) is 0.813. The minimum absolute atomic E-state index is 0.463. The maximum absolute atomic E-state index is 5.63. The van der Waals surface area contributed by atoms with Crippen LogP contribution in [-0.4, -0.2) is 49.3 Å². The van der Waals surface area contributed by atoms with Crippen molar-refractivity contribution < 1.29 is 4.74 Å². The van der Waals surface area contributed by atoms with E-state index in [4.69, 9.17) is 4.74 Å². The minimum Gasteiger partial charge on any atom is -0.378 e. The molecule has 3 nitrogen and oxygen atoms in total. The molecule has 2 rings (SSSR count). The van der Waals surface area contributed by atoms with E-state index in [0.29, 0.717) is 6.10 Å². The lowest BCUT2D eigenvalue weighted by Crippen LogP contribution is -2.49. The van der Waals surface area contributed by atoms with Gasteiger partial charge in [-0.05, 0) is 58.7 Å². The monoisotopic (exact) mass is 240 g/mol. The fourth-order valence-electron chi connectivity index (χ4n) is 3.12. The third kappa shape index (κ3) is 3.94. The van der Waals surface area contributed by atoms with Gasteiger partial charge in [-0.3, -0.25) is 0 Å². The van der Waals surface area contributed by atoms with Gasteiger partial charge in [0.05, 0.1) is 6.10 Å². The van der Waals surface area contributed by atoms with Crippen LogP contribution in [0.15, 0.2) is 0 Å². The maximum Gasteiger partial charge on any atom is 0.0561 e. The molecular weight excluding hydrogens is 212 g/mol. The first-order chi connectivity index (χ1) is 8.29. The Morgan fingerprint density at radius 2 is 2.00 bits per heavy atom. The van der Waals surface area contributed by atoms with Crippen molar-refractivity contribution in [3.8, 4) is 0 Å². The molecular formula is C14H28N2O. The van der Waals surface area contributed by atoms with E-state index in [1.807, 2.05) is 0 Å². The van der Waals surface area contributed by atoms with Gasteiger partial charge in [0.2, 0.25) is 0 Å². The van der Waals surface area contributed by atoms with Crippen molar-refractivity contribution in [1.29, 1.82) is 0 Å². The van der Waals surface area contributed by atoms with Crippen LogP contribution in [0.1, 0.15) is 46.0 Å². The van der Waals surface area contributed by atoms with E-state index in [2.05, 4.69) is 24.1 Å². The molecule has 2 atom stereocenters. The van der Waals surface area contributed by atoms with E-state index in [0.717, 1.165) is 18.7 Å². The summed E-state index contributed by atoms with van der Waals surface area (Å²) in [6, 6.07) is 1.55. The predicted molar refractivity (Wildman–Crippen MR) is 71.3 cm³/mol. The average Bonchev–Trinajstić information content (AvgIpc) is 2.37. The molecule has 0 saturated carbocycles. The van der Waals surface area contributed by atoms with Gasteiger partial charge in [0.25, 0.3) is 0 Å². The maximum atomic E-state index is 5.63. The zero-order chi connectivity index (χ0) is 12.1. The molecule has 0 radical (unpaired) electrons. The van der Waals surface area contributed by atoms with Crippen LogP contribution in [0.25, 0.3) is 0 Å². The van der Waals surface area contributed by atoms with Crippen molar-refractivity contribution in [2.45, 2.75) is 64.1 Å². The van der Waals surface area contributed by atoms with E-state index in [1.165, 1.54) is 51.7 Å². The first-order valence-electron chi connectivity index (χ1n) is 7.38. The lowest BCUT2D eigenvalue weighted by atomic mass is 9.97. The molecule has 0 spiro atoms. The van der Waals surface area contributed by atoms with Gasteiger partial charge in [0, 0.05) is 18.7 Å². The first-order valence-corrected chi connectivity index (χ1v) is 7.38. The zero-order valence-electron chi connectivity index (χ0n) is 11.5. The Morgan fingerprint density at radius 1 is 1.24 bits per heavy atom. The van der Waals surface area contributed by atoms with Gasteiger partial charge in [0.15, 0.2) is 0 Å². The van der Waals surface area contributed by atoms with Crippen molar-refractivity contribution >= 4 is 0 Å². The van der Waals surface area contributed by atoms with Crippen LogP contribution < -0.4 is 5.32 Å². The Labute approximate surface area is 106 Å². The SMILES string of the molecule is CCCNC1CCN(C2CCOC(C)C2)CC1. The van der Waals surface area contributed by atoms with Gasteiger partial charge in [-0.25, -0.2) is 0 Å². The molecule has 1 N–H and O–H groups in total.